The second-order valence-corrected chi connectivity index (χ2v) is 9.13. The summed E-state index contributed by atoms with van der Waals surface area (Å²) in [5.41, 5.74) is 3.41. The summed E-state index contributed by atoms with van der Waals surface area (Å²) in [7, 11) is -3.37. The van der Waals surface area contributed by atoms with Gasteiger partial charge < -0.3 is 10.1 Å². The average molecular weight is 439 g/mol. The minimum Gasteiger partial charge on any atom is -0.481 e. The number of amides is 1. The van der Waals surface area contributed by atoms with Gasteiger partial charge in [0.2, 0.25) is 10.0 Å². The van der Waals surface area contributed by atoms with Crippen LogP contribution in [0.5, 0.6) is 5.75 Å². The first kappa shape index (κ1) is 22.4. The van der Waals surface area contributed by atoms with Gasteiger partial charge in [-0.3, -0.25) is 9.52 Å². The third-order valence-corrected chi connectivity index (χ3v) is 5.30. The minimum absolute atomic E-state index is 0.263. The monoisotopic (exact) mass is 438 g/mol. The fourth-order valence-corrected chi connectivity index (χ4v) is 3.67. The Morgan fingerprint density at radius 2 is 1.52 bits per heavy atom. The van der Waals surface area contributed by atoms with Crippen LogP contribution in [0, 0.1) is 0 Å². The topological polar surface area (TPSA) is 84.5 Å². The van der Waals surface area contributed by atoms with Gasteiger partial charge in [-0.25, -0.2) is 8.42 Å². The molecule has 2 atom stereocenters. The van der Waals surface area contributed by atoms with E-state index in [0.29, 0.717) is 11.4 Å². The van der Waals surface area contributed by atoms with E-state index in [2.05, 4.69) is 10.0 Å². The number of benzene rings is 3. The number of nitrogens with one attached hydrogen (secondary N) is 2. The zero-order valence-electron chi connectivity index (χ0n) is 17.7. The Morgan fingerprint density at radius 1 is 0.871 bits per heavy atom. The first-order valence-electron chi connectivity index (χ1n) is 9.91. The molecule has 0 aliphatic carbocycles. The predicted molar refractivity (Wildman–Crippen MR) is 123 cm³/mol. The lowest BCUT2D eigenvalue weighted by atomic mass is 10.1. The first-order valence-corrected chi connectivity index (χ1v) is 11.8. The van der Waals surface area contributed by atoms with Crippen molar-refractivity contribution in [1.82, 2.24) is 5.32 Å². The summed E-state index contributed by atoms with van der Waals surface area (Å²) in [5, 5.41) is 2.90. The lowest BCUT2D eigenvalue weighted by Gasteiger charge is -2.19. The molecule has 2 N–H and O–H groups in total. The van der Waals surface area contributed by atoms with Gasteiger partial charge in [-0.15, -0.1) is 0 Å². The molecule has 0 fully saturated rings. The highest BCUT2D eigenvalue weighted by Crippen LogP contribution is 2.23. The lowest BCUT2D eigenvalue weighted by Crippen LogP contribution is -2.37. The van der Waals surface area contributed by atoms with E-state index < -0.39 is 16.1 Å². The summed E-state index contributed by atoms with van der Waals surface area (Å²) >= 11 is 0. The predicted octanol–water partition coefficient (Wildman–Crippen LogP) is 4.37. The van der Waals surface area contributed by atoms with Crippen molar-refractivity contribution in [2.45, 2.75) is 26.0 Å². The molecule has 3 aromatic rings. The number of ether oxygens (including phenoxy) is 1. The van der Waals surface area contributed by atoms with Gasteiger partial charge in [0, 0.05) is 5.69 Å². The molecule has 0 spiro atoms. The maximum atomic E-state index is 12.6. The summed E-state index contributed by atoms with van der Waals surface area (Å²) in [6.45, 7) is 3.52. The summed E-state index contributed by atoms with van der Waals surface area (Å²) in [4.78, 5) is 12.6. The highest BCUT2D eigenvalue weighted by atomic mass is 32.2. The van der Waals surface area contributed by atoms with Crippen molar-refractivity contribution in [3.05, 3.63) is 84.4 Å². The zero-order chi connectivity index (χ0) is 22.4. The molecule has 162 valence electrons. The summed E-state index contributed by atoms with van der Waals surface area (Å²) in [5.74, 6) is 0.343. The van der Waals surface area contributed by atoms with Crippen LogP contribution in [-0.4, -0.2) is 26.7 Å². The molecule has 1 amide bonds. The van der Waals surface area contributed by atoms with Gasteiger partial charge in [-0.1, -0.05) is 54.6 Å². The van der Waals surface area contributed by atoms with Crippen LogP contribution in [0.15, 0.2) is 78.9 Å². The minimum atomic E-state index is -3.37. The molecule has 3 aromatic carbocycles. The van der Waals surface area contributed by atoms with Gasteiger partial charge >= 0.3 is 0 Å². The van der Waals surface area contributed by atoms with E-state index in [0.717, 1.165) is 22.9 Å². The average Bonchev–Trinajstić information content (AvgIpc) is 2.74. The molecule has 0 heterocycles. The number of carbonyl (C=O) groups is 1. The Labute approximate surface area is 183 Å². The molecule has 0 radical (unpaired) electrons. The molecule has 7 heteroatoms. The van der Waals surface area contributed by atoms with Crippen LogP contribution in [0.25, 0.3) is 11.1 Å². The smallest absolute Gasteiger partial charge is 0.261 e. The van der Waals surface area contributed by atoms with E-state index in [-0.39, 0.29) is 11.9 Å². The van der Waals surface area contributed by atoms with Crippen LogP contribution in [0.3, 0.4) is 0 Å². The second-order valence-electron chi connectivity index (χ2n) is 7.38. The molecule has 2 unspecified atom stereocenters. The van der Waals surface area contributed by atoms with E-state index >= 15 is 0 Å². The quantitative estimate of drug-likeness (QED) is 0.547. The largest absolute Gasteiger partial charge is 0.481 e. The van der Waals surface area contributed by atoms with Crippen LogP contribution in [0.1, 0.15) is 25.5 Å². The van der Waals surface area contributed by atoms with Crippen LogP contribution < -0.4 is 14.8 Å². The number of hydrogen-bond acceptors (Lipinski definition) is 4. The molecule has 0 aliphatic heterocycles. The molecule has 0 aliphatic rings. The van der Waals surface area contributed by atoms with E-state index in [9.17, 15) is 13.2 Å². The number of hydrogen-bond donors (Lipinski definition) is 2. The summed E-state index contributed by atoms with van der Waals surface area (Å²) < 4.78 is 31.1. The number of sulfonamides is 1. The molecule has 0 saturated heterocycles. The fourth-order valence-electron chi connectivity index (χ4n) is 3.11. The van der Waals surface area contributed by atoms with Crippen molar-refractivity contribution in [1.29, 1.82) is 0 Å². The van der Waals surface area contributed by atoms with E-state index in [1.54, 1.807) is 25.1 Å². The fraction of sp³-hybridized carbons (Fsp3) is 0.208. The number of carbonyl (C=O) groups excluding carboxylic acids is 1. The third-order valence-electron chi connectivity index (χ3n) is 4.69. The molecular formula is C24H26N2O4S. The molecule has 0 aromatic heterocycles. The van der Waals surface area contributed by atoms with Gasteiger partial charge in [0.15, 0.2) is 6.10 Å². The zero-order valence-corrected chi connectivity index (χ0v) is 18.5. The molecule has 31 heavy (non-hydrogen) atoms. The normalized spacial score (nSPS) is 13.1. The standard InChI is InChI=1S/C24H26N2O4S/c1-17(21-10-7-11-22(16-21)26-31(3,28)29)25-24(27)18(2)30-23-14-12-20(13-15-23)19-8-5-4-6-9-19/h4-18,26H,1-3H3,(H,25,27). The third kappa shape index (κ3) is 6.58. The van der Waals surface area contributed by atoms with Crippen LogP contribution in [0.2, 0.25) is 0 Å². The molecule has 3 rings (SSSR count). The first-order chi connectivity index (χ1) is 14.7. The Hall–Kier alpha value is -3.32. The van der Waals surface area contributed by atoms with Crippen LogP contribution >= 0.6 is 0 Å². The second kappa shape index (κ2) is 9.66. The van der Waals surface area contributed by atoms with Crippen molar-refractivity contribution in [2.24, 2.45) is 0 Å². The van der Waals surface area contributed by atoms with E-state index in [4.69, 9.17) is 4.74 Å². The maximum absolute atomic E-state index is 12.6. The SMILES string of the molecule is CC(Oc1ccc(-c2ccccc2)cc1)C(=O)NC(C)c1cccc(NS(C)(=O)=O)c1. The van der Waals surface area contributed by atoms with Crippen molar-refractivity contribution >= 4 is 21.6 Å². The molecule has 0 bridgehead atoms. The van der Waals surface area contributed by atoms with E-state index in [1.165, 1.54) is 0 Å². The summed E-state index contributed by atoms with van der Waals surface area (Å²) in [6, 6.07) is 24.2. The Morgan fingerprint density at radius 3 is 2.16 bits per heavy atom. The van der Waals surface area contributed by atoms with Gasteiger partial charge in [0.05, 0.1) is 12.3 Å². The van der Waals surface area contributed by atoms with Crippen molar-refractivity contribution in [3.63, 3.8) is 0 Å². The number of rotatable bonds is 8. The van der Waals surface area contributed by atoms with Crippen molar-refractivity contribution in [2.75, 3.05) is 11.0 Å². The van der Waals surface area contributed by atoms with Crippen molar-refractivity contribution < 1.29 is 17.9 Å². The van der Waals surface area contributed by atoms with Crippen LogP contribution in [0.4, 0.5) is 5.69 Å². The van der Waals surface area contributed by atoms with Crippen LogP contribution in [-0.2, 0) is 14.8 Å². The summed E-state index contributed by atoms with van der Waals surface area (Å²) in [6.07, 6.45) is 0.401. The number of anilines is 1. The van der Waals surface area contributed by atoms with Gasteiger partial charge in [0.1, 0.15) is 5.75 Å². The molecule has 6 nitrogen and oxygen atoms in total. The van der Waals surface area contributed by atoms with Crippen molar-refractivity contribution in [3.8, 4) is 16.9 Å². The maximum Gasteiger partial charge on any atom is 0.261 e. The highest BCUT2D eigenvalue weighted by Gasteiger charge is 2.18. The molecule has 0 saturated carbocycles. The Bertz CT molecular complexity index is 1130. The van der Waals surface area contributed by atoms with Gasteiger partial charge in [-0.2, -0.15) is 0 Å². The van der Waals surface area contributed by atoms with E-state index in [1.807, 2.05) is 67.6 Å². The molecular weight excluding hydrogens is 412 g/mol. The van der Waals surface area contributed by atoms with Gasteiger partial charge in [0.25, 0.3) is 5.91 Å². The van der Waals surface area contributed by atoms with Gasteiger partial charge in [-0.05, 0) is 54.8 Å². The Kier molecular flexibility index (Phi) is 6.97. The lowest BCUT2D eigenvalue weighted by molar-refractivity contribution is -0.127. The Balaban J connectivity index is 1.60. The highest BCUT2D eigenvalue weighted by molar-refractivity contribution is 7.92.